The van der Waals surface area contributed by atoms with Gasteiger partial charge in [-0.2, -0.15) is 0 Å². The molecule has 0 aromatic heterocycles. The fourth-order valence-electron chi connectivity index (χ4n) is 2.73. The largest absolute Gasteiger partial charge is 0.448 e. The molecule has 35 heavy (non-hydrogen) atoms. The van der Waals surface area contributed by atoms with Crippen LogP contribution >= 0.6 is 24.8 Å². The molecule has 0 spiro atoms. The lowest BCUT2D eigenvalue weighted by Crippen LogP contribution is -2.40. The molecule has 1 aromatic rings. The summed E-state index contributed by atoms with van der Waals surface area (Å²) in [6, 6.07) is 8.86. The number of nitrogens with zero attached hydrogens (tertiary/aromatic N) is 1. The van der Waals surface area contributed by atoms with Crippen molar-refractivity contribution in [2.24, 2.45) is 0 Å². The molecule has 0 aliphatic rings. The average Bonchev–Trinajstić information content (AvgIpc) is 2.80. The van der Waals surface area contributed by atoms with Gasteiger partial charge in [0.15, 0.2) is 0 Å². The first-order valence-electron chi connectivity index (χ1n) is 11.7. The number of unbranched alkanes of at least 4 members (excludes halogenated alkanes) is 2. The zero-order valence-corrected chi connectivity index (χ0v) is 22.3. The molecule has 0 saturated carbocycles. The van der Waals surface area contributed by atoms with Crippen molar-refractivity contribution in [2.75, 3.05) is 57.8 Å². The lowest BCUT2D eigenvalue weighted by atomic mass is 10.3. The highest BCUT2D eigenvalue weighted by atomic mass is 35.5. The highest BCUT2D eigenvalue weighted by Gasteiger charge is 2.10. The maximum absolute atomic E-state index is 12.1. The lowest BCUT2D eigenvalue weighted by Gasteiger charge is -2.22. The van der Waals surface area contributed by atoms with Crippen molar-refractivity contribution < 1.29 is 23.9 Å². The van der Waals surface area contributed by atoms with E-state index >= 15 is 0 Å². The van der Waals surface area contributed by atoms with Crippen molar-refractivity contribution >= 4 is 48.7 Å². The Morgan fingerprint density at radius 2 is 1.26 bits per heavy atom. The predicted octanol–water partition coefficient (Wildman–Crippen LogP) is 4.01. The smallest absolute Gasteiger partial charge is 0.407 e. The topological polar surface area (TPSA) is 121 Å². The molecular weight excluding hydrogens is 497 g/mol. The Kier molecular flexibility index (Phi) is 23.1. The molecule has 202 valence electrons. The minimum absolute atomic E-state index is 0. The number of nitrogens with one attached hydrogen (secondary N) is 4. The molecule has 1 rings (SSSR count). The zero-order valence-electron chi connectivity index (χ0n) is 20.7. The van der Waals surface area contributed by atoms with E-state index in [4.69, 9.17) is 9.47 Å². The van der Waals surface area contributed by atoms with Gasteiger partial charge in [-0.3, -0.25) is 4.90 Å². The second-order valence-corrected chi connectivity index (χ2v) is 7.42. The van der Waals surface area contributed by atoms with Crippen LogP contribution in [0.3, 0.4) is 0 Å². The fourth-order valence-corrected chi connectivity index (χ4v) is 2.73. The molecule has 1 aromatic carbocycles. The Labute approximate surface area is 221 Å². The van der Waals surface area contributed by atoms with Crippen LogP contribution < -0.4 is 21.3 Å². The summed E-state index contributed by atoms with van der Waals surface area (Å²) in [4.78, 5) is 37.4. The van der Waals surface area contributed by atoms with Crippen LogP contribution in [0, 0.1) is 0 Å². The Bertz CT molecular complexity index is 658. The second kappa shape index (κ2) is 23.3. The number of ether oxygens (including phenoxy) is 2. The van der Waals surface area contributed by atoms with E-state index in [2.05, 4.69) is 21.3 Å². The number of urea groups is 1. The highest BCUT2D eigenvalue weighted by Crippen LogP contribution is 2.04. The van der Waals surface area contributed by atoms with Crippen LogP contribution in [0.4, 0.5) is 20.1 Å². The van der Waals surface area contributed by atoms with E-state index < -0.39 is 12.2 Å². The lowest BCUT2D eigenvalue weighted by molar-refractivity contribution is 0.107. The number of hydrogen-bond donors (Lipinski definition) is 4. The van der Waals surface area contributed by atoms with E-state index in [1.165, 1.54) is 0 Å². The van der Waals surface area contributed by atoms with E-state index in [0.717, 1.165) is 25.7 Å². The average molecular weight is 539 g/mol. The SMILES string of the molecule is CCCCNC(=O)OCCN(CCNC(=O)Nc1ccccc1)CCOC(=O)NCCCC.Cl.Cl. The molecule has 0 saturated heterocycles. The number of alkyl carbamates (subject to hydrolysis) is 2. The van der Waals surface area contributed by atoms with E-state index in [0.29, 0.717) is 45.0 Å². The van der Waals surface area contributed by atoms with Crippen molar-refractivity contribution in [3.63, 3.8) is 0 Å². The molecule has 0 unspecified atom stereocenters. The van der Waals surface area contributed by atoms with Crippen molar-refractivity contribution in [1.29, 1.82) is 0 Å². The number of para-hydroxylation sites is 1. The molecule has 4 N–H and O–H groups in total. The van der Waals surface area contributed by atoms with Gasteiger partial charge >= 0.3 is 18.2 Å². The quantitative estimate of drug-likeness (QED) is 0.236. The van der Waals surface area contributed by atoms with E-state index in [1.54, 1.807) is 12.1 Å². The summed E-state index contributed by atoms with van der Waals surface area (Å²) < 4.78 is 10.4. The van der Waals surface area contributed by atoms with Crippen LogP contribution in [-0.4, -0.2) is 75.6 Å². The number of carbonyl (C=O) groups is 3. The summed E-state index contributed by atoms with van der Waals surface area (Å²) in [7, 11) is 0. The first-order valence-corrected chi connectivity index (χ1v) is 11.7. The standard InChI is InChI=1S/C23H39N5O5.2ClH/c1-3-5-12-25-22(30)32-18-16-28(17-19-33-23(31)26-13-6-4-2)15-14-24-21(29)27-20-10-8-7-9-11-20;;/h7-11H,3-6,12-19H2,1-2H3,(H,25,30)(H,26,31)(H2,24,27,29);2*1H. The van der Waals surface area contributed by atoms with Crippen LogP contribution in [0.5, 0.6) is 0 Å². The van der Waals surface area contributed by atoms with E-state index in [9.17, 15) is 14.4 Å². The third-order valence-electron chi connectivity index (χ3n) is 4.63. The van der Waals surface area contributed by atoms with Crippen molar-refractivity contribution in [3.05, 3.63) is 30.3 Å². The van der Waals surface area contributed by atoms with Crippen LogP contribution in [-0.2, 0) is 9.47 Å². The van der Waals surface area contributed by atoms with Gasteiger partial charge in [0.25, 0.3) is 0 Å². The van der Waals surface area contributed by atoms with Crippen molar-refractivity contribution in [3.8, 4) is 0 Å². The van der Waals surface area contributed by atoms with Crippen LogP contribution in [0.2, 0.25) is 0 Å². The van der Waals surface area contributed by atoms with Crippen LogP contribution in [0.25, 0.3) is 0 Å². The summed E-state index contributed by atoms with van der Waals surface area (Å²) in [5.74, 6) is 0. The molecule has 0 radical (unpaired) electrons. The van der Waals surface area contributed by atoms with Crippen LogP contribution in [0.15, 0.2) is 30.3 Å². The second-order valence-electron chi connectivity index (χ2n) is 7.42. The fraction of sp³-hybridized carbons (Fsp3) is 0.609. The number of carbonyl (C=O) groups excluding carboxylic acids is 3. The first kappa shape index (κ1) is 34.7. The molecule has 0 bridgehead atoms. The third kappa shape index (κ3) is 19.6. The normalized spacial score (nSPS) is 9.80. The van der Waals surface area contributed by atoms with Gasteiger partial charge in [0.1, 0.15) is 13.2 Å². The summed E-state index contributed by atoms with van der Waals surface area (Å²) in [5.41, 5.74) is 0.705. The Balaban J connectivity index is 0. The summed E-state index contributed by atoms with van der Waals surface area (Å²) >= 11 is 0. The molecular formula is C23H41Cl2N5O5. The van der Waals surface area contributed by atoms with Gasteiger partial charge in [-0.15, -0.1) is 24.8 Å². The Morgan fingerprint density at radius 1 is 0.743 bits per heavy atom. The van der Waals surface area contributed by atoms with Gasteiger partial charge in [0.05, 0.1) is 0 Å². The molecule has 0 atom stereocenters. The Hall–Kier alpha value is -2.43. The highest BCUT2D eigenvalue weighted by molar-refractivity contribution is 5.89. The number of benzene rings is 1. The third-order valence-corrected chi connectivity index (χ3v) is 4.63. The number of anilines is 1. The van der Waals surface area contributed by atoms with Gasteiger partial charge in [-0.05, 0) is 25.0 Å². The summed E-state index contributed by atoms with van der Waals surface area (Å²) in [6.45, 7) is 7.42. The number of halogens is 2. The number of rotatable bonds is 16. The Morgan fingerprint density at radius 3 is 1.74 bits per heavy atom. The maximum atomic E-state index is 12.1. The molecule has 0 aliphatic carbocycles. The first-order chi connectivity index (χ1) is 16.0. The molecule has 0 fully saturated rings. The molecule has 0 heterocycles. The van der Waals surface area contributed by atoms with Gasteiger partial charge in [0, 0.05) is 45.0 Å². The minimum atomic E-state index is -0.449. The van der Waals surface area contributed by atoms with Crippen molar-refractivity contribution in [2.45, 2.75) is 39.5 Å². The summed E-state index contributed by atoms with van der Waals surface area (Å²) in [6.07, 6.45) is 2.88. The molecule has 12 heteroatoms. The van der Waals surface area contributed by atoms with Gasteiger partial charge in [-0.1, -0.05) is 44.9 Å². The van der Waals surface area contributed by atoms with Crippen LogP contribution in [0.1, 0.15) is 39.5 Å². The monoisotopic (exact) mass is 537 g/mol. The molecule has 10 nitrogen and oxygen atoms in total. The van der Waals surface area contributed by atoms with E-state index in [1.807, 2.05) is 36.9 Å². The molecule has 4 amide bonds. The minimum Gasteiger partial charge on any atom is -0.448 e. The number of amides is 4. The summed E-state index contributed by atoms with van der Waals surface area (Å²) in [5, 5.41) is 11.0. The molecule has 0 aliphatic heterocycles. The van der Waals surface area contributed by atoms with E-state index in [-0.39, 0.29) is 44.1 Å². The van der Waals surface area contributed by atoms with Gasteiger partial charge in [-0.25, -0.2) is 14.4 Å². The number of hydrogen-bond acceptors (Lipinski definition) is 6. The van der Waals surface area contributed by atoms with Crippen molar-refractivity contribution in [1.82, 2.24) is 20.9 Å². The predicted molar refractivity (Wildman–Crippen MR) is 143 cm³/mol. The maximum Gasteiger partial charge on any atom is 0.407 e. The van der Waals surface area contributed by atoms with Gasteiger partial charge in [0.2, 0.25) is 0 Å². The zero-order chi connectivity index (χ0) is 24.2. The van der Waals surface area contributed by atoms with Gasteiger partial charge < -0.3 is 30.7 Å².